The van der Waals surface area contributed by atoms with Crippen LogP contribution in [0.5, 0.6) is 0 Å². The molecule has 0 bridgehead atoms. The first kappa shape index (κ1) is 9.13. The van der Waals surface area contributed by atoms with Crippen LogP contribution >= 0.6 is 27.3 Å². The number of halogens is 3. The molecule has 0 unspecified atom stereocenters. The zero-order valence-electron chi connectivity index (χ0n) is 6.12. The number of rotatable bonds is 1. The molecule has 1 rings (SSSR count). The molecule has 4 heteroatoms. The first-order valence-electron chi connectivity index (χ1n) is 3.07. The maximum atomic E-state index is 12.2. The molecule has 0 aliphatic carbocycles. The van der Waals surface area contributed by atoms with Crippen molar-refractivity contribution in [2.75, 3.05) is 0 Å². The summed E-state index contributed by atoms with van der Waals surface area (Å²) in [5.74, 6) is 0. The quantitative estimate of drug-likeness (QED) is 0.695. The van der Waals surface area contributed by atoms with Crippen molar-refractivity contribution in [3.05, 3.63) is 19.8 Å². The van der Waals surface area contributed by atoms with E-state index in [1.165, 1.54) is 0 Å². The predicted octanol–water partition coefficient (Wildman–Crippen LogP) is 4.07. The van der Waals surface area contributed by atoms with Crippen molar-refractivity contribution >= 4 is 27.3 Å². The van der Waals surface area contributed by atoms with Gasteiger partial charge in [-0.2, -0.15) is 0 Å². The average Bonchev–Trinajstić information content (AvgIpc) is 2.17. The second kappa shape index (κ2) is 3.19. The molecule has 0 aromatic carbocycles. The normalized spacial score (nSPS) is 11.1. The van der Waals surface area contributed by atoms with Crippen LogP contribution in [0.2, 0.25) is 0 Å². The Morgan fingerprint density at radius 2 is 1.91 bits per heavy atom. The maximum Gasteiger partial charge on any atom is 0.273 e. The predicted molar refractivity (Wildman–Crippen MR) is 46.5 cm³/mol. The van der Waals surface area contributed by atoms with E-state index in [4.69, 9.17) is 0 Å². The van der Waals surface area contributed by atoms with Crippen LogP contribution in [0.1, 0.15) is 21.7 Å². The van der Waals surface area contributed by atoms with Gasteiger partial charge in [0.05, 0.1) is 4.88 Å². The van der Waals surface area contributed by atoms with Crippen molar-refractivity contribution < 1.29 is 8.78 Å². The first-order chi connectivity index (χ1) is 5.04. The van der Waals surface area contributed by atoms with Crippen LogP contribution in [0.3, 0.4) is 0 Å². The van der Waals surface area contributed by atoms with Crippen molar-refractivity contribution in [3.63, 3.8) is 0 Å². The average molecular weight is 241 g/mol. The fraction of sp³-hybridized carbons (Fsp3) is 0.429. The van der Waals surface area contributed by atoms with E-state index in [0.717, 1.165) is 21.8 Å². The van der Waals surface area contributed by atoms with Crippen LogP contribution in [0.25, 0.3) is 0 Å². The van der Waals surface area contributed by atoms with E-state index < -0.39 is 6.43 Å². The minimum atomic E-state index is -2.36. The first-order valence-corrected chi connectivity index (χ1v) is 4.68. The molecule has 0 aliphatic heterocycles. The molecular formula is C7H7BrF2S. The lowest BCUT2D eigenvalue weighted by atomic mass is 10.3. The van der Waals surface area contributed by atoms with Gasteiger partial charge in [0.25, 0.3) is 6.43 Å². The van der Waals surface area contributed by atoms with Crippen molar-refractivity contribution in [2.24, 2.45) is 0 Å². The molecule has 1 heterocycles. The SMILES string of the molecule is Cc1sc(C(F)F)c(Br)c1C. The third-order valence-corrected chi connectivity index (χ3v) is 4.03. The lowest BCUT2D eigenvalue weighted by Crippen LogP contribution is -1.77. The highest BCUT2D eigenvalue weighted by atomic mass is 79.9. The summed E-state index contributed by atoms with van der Waals surface area (Å²) in [7, 11) is 0. The van der Waals surface area contributed by atoms with Gasteiger partial charge in [0, 0.05) is 9.35 Å². The summed E-state index contributed by atoms with van der Waals surface area (Å²) in [6.45, 7) is 3.68. The van der Waals surface area contributed by atoms with Crippen LogP contribution in [-0.4, -0.2) is 0 Å². The molecule has 0 spiro atoms. The van der Waals surface area contributed by atoms with E-state index in [1.54, 1.807) is 0 Å². The minimum absolute atomic E-state index is 0.139. The number of hydrogen-bond acceptors (Lipinski definition) is 1. The van der Waals surface area contributed by atoms with Gasteiger partial charge in [-0.1, -0.05) is 0 Å². The van der Waals surface area contributed by atoms with Crippen molar-refractivity contribution in [2.45, 2.75) is 20.3 Å². The molecule has 0 radical (unpaired) electrons. The second-order valence-electron chi connectivity index (χ2n) is 2.26. The molecular weight excluding hydrogens is 234 g/mol. The van der Waals surface area contributed by atoms with Crippen LogP contribution < -0.4 is 0 Å². The highest BCUT2D eigenvalue weighted by Crippen LogP contribution is 2.38. The molecule has 1 aromatic heterocycles. The highest BCUT2D eigenvalue weighted by molar-refractivity contribution is 9.10. The molecule has 11 heavy (non-hydrogen) atoms. The van der Waals surface area contributed by atoms with Crippen LogP contribution in [0, 0.1) is 13.8 Å². The molecule has 0 amide bonds. The summed E-state index contributed by atoms with van der Waals surface area (Å²) >= 11 is 4.28. The van der Waals surface area contributed by atoms with Gasteiger partial charge in [-0.3, -0.25) is 0 Å². The van der Waals surface area contributed by atoms with E-state index in [0.29, 0.717) is 4.47 Å². The summed E-state index contributed by atoms with van der Waals surface area (Å²) in [4.78, 5) is 1.09. The lowest BCUT2D eigenvalue weighted by molar-refractivity contribution is 0.155. The van der Waals surface area contributed by atoms with Gasteiger partial charge in [-0.15, -0.1) is 11.3 Å². The van der Waals surface area contributed by atoms with Crippen LogP contribution in [0.15, 0.2) is 4.47 Å². The van der Waals surface area contributed by atoms with Gasteiger partial charge < -0.3 is 0 Å². The van der Waals surface area contributed by atoms with Gasteiger partial charge in [0.2, 0.25) is 0 Å². The molecule has 0 aliphatic rings. The Hall–Kier alpha value is 0.0400. The van der Waals surface area contributed by atoms with Crippen molar-refractivity contribution in [1.82, 2.24) is 0 Å². The Kier molecular flexibility index (Phi) is 2.65. The molecule has 0 atom stereocenters. The fourth-order valence-corrected chi connectivity index (χ4v) is 2.53. The minimum Gasteiger partial charge on any atom is -0.204 e. The lowest BCUT2D eigenvalue weighted by Gasteiger charge is -1.93. The zero-order valence-corrected chi connectivity index (χ0v) is 8.52. The fourth-order valence-electron chi connectivity index (χ4n) is 0.766. The largest absolute Gasteiger partial charge is 0.273 e. The van der Waals surface area contributed by atoms with E-state index in [2.05, 4.69) is 15.9 Å². The van der Waals surface area contributed by atoms with E-state index in [1.807, 2.05) is 13.8 Å². The van der Waals surface area contributed by atoms with Gasteiger partial charge in [-0.25, -0.2) is 8.78 Å². The smallest absolute Gasteiger partial charge is 0.204 e. The molecule has 0 fully saturated rings. The molecule has 0 N–H and O–H groups in total. The molecule has 62 valence electrons. The molecule has 0 saturated heterocycles. The summed E-state index contributed by atoms with van der Waals surface area (Å²) in [5.41, 5.74) is 0.922. The summed E-state index contributed by atoms with van der Waals surface area (Å²) < 4.78 is 25.0. The van der Waals surface area contributed by atoms with Gasteiger partial charge in [0.1, 0.15) is 0 Å². The second-order valence-corrected chi connectivity index (χ2v) is 4.31. The number of alkyl halides is 2. The van der Waals surface area contributed by atoms with Crippen molar-refractivity contribution in [3.8, 4) is 0 Å². The van der Waals surface area contributed by atoms with Gasteiger partial charge in [0.15, 0.2) is 0 Å². The Labute approximate surface area is 76.4 Å². The standard InChI is InChI=1S/C7H7BrF2S/c1-3-4(2)11-6(5(3)8)7(9)10/h7H,1-2H3. The maximum absolute atomic E-state index is 12.2. The third kappa shape index (κ3) is 1.62. The van der Waals surface area contributed by atoms with E-state index in [9.17, 15) is 8.78 Å². The van der Waals surface area contributed by atoms with E-state index in [-0.39, 0.29) is 4.88 Å². The van der Waals surface area contributed by atoms with Crippen molar-refractivity contribution in [1.29, 1.82) is 0 Å². The Balaban J connectivity index is 3.19. The Bertz CT molecular complexity index is 268. The third-order valence-electron chi connectivity index (χ3n) is 1.53. The van der Waals surface area contributed by atoms with Gasteiger partial charge in [-0.05, 0) is 35.3 Å². The summed E-state index contributed by atoms with van der Waals surface area (Å²) in [6, 6.07) is 0. The summed E-state index contributed by atoms with van der Waals surface area (Å²) in [5, 5.41) is 0. The number of hydrogen-bond donors (Lipinski definition) is 0. The van der Waals surface area contributed by atoms with Crippen LogP contribution in [0.4, 0.5) is 8.78 Å². The molecule has 0 nitrogen and oxygen atoms in total. The Morgan fingerprint density at radius 3 is 2.09 bits per heavy atom. The Morgan fingerprint density at radius 1 is 1.36 bits per heavy atom. The van der Waals surface area contributed by atoms with E-state index >= 15 is 0 Å². The van der Waals surface area contributed by atoms with Gasteiger partial charge >= 0.3 is 0 Å². The highest BCUT2D eigenvalue weighted by Gasteiger charge is 2.17. The molecule has 1 aromatic rings. The zero-order chi connectivity index (χ0) is 8.59. The summed E-state index contributed by atoms with van der Waals surface area (Å²) in [6.07, 6.45) is -2.36. The molecule has 0 saturated carbocycles. The topological polar surface area (TPSA) is 0 Å². The number of thiophene rings is 1. The monoisotopic (exact) mass is 240 g/mol. The van der Waals surface area contributed by atoms with Crippen LogP contribution in [-0.2, 0) is 0 Å². The number of aryl methyl sites for hydroxylation is 1.